The quantitative estimate of drug-likeness (QED) is 0.743. The van der Waals surface area contributed by atoms with Crippen molar-refractivity contribution >= 4 is 16.8 Å². The van der Waals surface area contributed by atoms with Crippen LogP contribution in [0.3, 0.4) is 0 Å². The highest BCUT2D eigenvalue weighted by molar-refractivity contribution is 5.76. The van der Waals surface area contributed by atoms with E-state index < -0.39 is 5.76 Å². The van der Waals surface area contributed by atoms with Crippen LogP contribution in [0.2, 0.25) is 0 Å². The molecule has 3 rings (SSSR count). The number of fused-ring (bicyclic) bond motifs is 1. The van der Waals surface area contributed by atoms with E-state index in [1.807, 2.05) is 31.2 Å². The van der Waals surface area contributed by atoms with Crippen molar-refractivity contribution in [1.29, 1.82) is 0 Å². The fraction of sp³-hybridized carbons (Fsp3) is 0.154. The van der Waals surface area contributed by atoms with Crippen LogP contribution in [0.5, 0.6) is 0 Å². The molecule has 1 atom stereocenters. The number of H-pyrrole nitrogens is 1. The Balaban J connectivity index is 1.88. The molecule has 5 heteroatoms. The number of nitrogens with one attached hydrogen (secondary N) is 2. The molecular weight excluding hydrogens is 232 g/mol. The molecular formula is C13H12N2O3. The lowest BCUT2D eigenvalue weighted by Gasteiger charge is -2.12. The van der Waals surface area contributed by atoms with Crippen LogP contribution in [-0.4, -0.2) is 4.98 Å². The minimum absolute atomic E-state index is 0.0519. The third-order valence-corrected chi connectivity index (χ3v) is 2.77. The first kappa shape index (κ1) is 10.7. The van der Waals surface area contributed by atoms with E-state index in [1.165, 1.54) is 0 Å². The molecule has 2 aromatic heterocycles. The number of aromatic amines is 1. The van der Waals surface area contributed by atoms with Crippen molar-refractivity contribution < 1.29 is 8.83 Å². The first-order valence-corrected chi connectivity index (χ1v) is 5.65. The predicted molar refractivity (Wildman–Crippen MR) is 67.6 cm³/mol. The highest BCUT2D eigenvalue weighted by Gasteiger charge is 2.09. The summed E-state index contributed by atoms with van der Waals surface area (Å²) in [6, 6.07) is 9.26. The molecule has 0 fully saturated rings. The van der Waals surface area contributed by atoms with Crippen molar-refractivity contribution in [3.8, 4) is 0 Å². The van der Waals surface area contributed by atoms with Crippen LogP contribution in [0, 0.1) is 0 Å². The first-order valence-electron chi connectivity index (χ1n) is 5.65. The summed E-state index contributed by atoms with van der Waals surface area (Å²) in [6.07, 6.45) is 1.64. The number of rotatable bonds is 3. The SMILES string of the molecule is CC(Nc1ccc2oc(=O)[nH]c2c1)c1ccco1. The van der Waals surface area contributed by atoms with Crippen molar-refractivity contribution in [2.24, 2.45) is 0 Å². The zero-order valence-corrected chi connectivity index (χ0v) is 9.77. The number of anilines is 1. The van der Waals surface area contributed by atoms with Gasteiger partial charge in [0.2, 0.25) is 0 Å². The fourth-order valence-electron chi connectivity index (χ4n) is 1.90. The maximum Gasteiger partial charge on any atom is 0.417 e. The maximum absolute atomic E-state index is 11.1. The summed E-state index contributed by atoms with van der Waals surface area (Å²) in [4.78, 5) is 13.7. The summed E-state index contributed by atoms with van der Waals surface area (Å²) < 4.78 is 10.3. The Morgan fingerprint density at radius 1 is 1.33 bits per heavy atom. The molecule has 2 N–H and O–H groups in total. The van der Waals surface area contributed by atoms with Crippen molar-refractivity contribution in [1.82, 2.24) is 4.98 Å². The molecule has 0 radical (unpaired) electrons. The largest absolute Gasteiger partial charge is 0.467 e. The van der Waals surface area contributed by atoms with Gasteiger partial charge in [-0.05, 0) is 37.3 Å². The number of hydrogen-bond donors (Lipinski definition) is 2. The monoisotopic (exact) mass is 244 g/mol. The van der Waals surface area contributed by atoms with Gasteiger partial charge in [-0.2, -0.15) is 0 Å². The lowest BCUT2D eigenvalue weighted by atomic mass is 10.2. The summed E-state index contributed by atoms with van der Waals surface area (Å²) in [7, 11) is 0. The van der Waals surface area contributed by atoms with Crippen LogP contribution >= 0.6 is 0 Å². The first-order chi connectivity index (χ1) is 8.72. The smallest absolute Gasteiger partial charge is 0.417 e. The van der Waals surface area contributed by atoms with Crippen molar-refractivity contribution in [3.05, 3.63) is 52.9 Å². The Hall–Kier alpha value is -2.43. The molecule has 0 bridgehead atoms. The van der Waals surface area contributed by atoms with Gasteiger partial charge in [0.05, 0.1) is 17.8 Å². The molecule has 92 valence electrons. The minimum atomic E-state index is -0.443. The van der Waals surface area contributed by atoms with Gasteiger partial charge in [-0.3, -0.25) is 4.98 Å². The Bertz CT molecular complexity index is 709. The van der Waals surface area contributed by atoms with Gasteiger partial charge >= 0.3 is 5.76 Å². The summed E-state index contributed by atoms with van der Waals surface area (Å²) in [5, 5.41) is 3.29. The van der Waals surface area contributed by atoms with Crippen LogP contribution in [-0.2, 0) is 0 Å². The second-order valence-corrected chi connectivity index (χ2v) is 4.11. The molecule has 18 heavy (non-hydrogen) atoms. The van der Waals surface area contributed by atoms with E-state index in [9.17, 15) is 4.79 Å². The molecule has 0 aliphatic carbocycles. The molecule has 2 heterocycles. The van der Waals surface area contributed by atoms with Gasteiger partial charge in [0.15, 0.2) is 5.58 Å². The summed E-state index contributed by atoms with van der Waals surface area (Å²) in [6.45, 7) is 2.00. The standard InChI is InChI=1S/C13H12N2O3/c1-8(11-3-2-6-17-11)14-9-4-5-12-10(7-9)15-13(16)18-12/h2-8,14H,1H3,(H,15,16). The van der Waals surface area contributed by atoms with Crippen LogP contribution in [0.4, 0.5) is 5.69 Å². The van der Waals surface area contributed by atoms with Crippen LogP contribution < -0.4 is 11.1 Å². The van der Waals surface area contributed by atoms with E-state index in [0.717, 1.165) is 11.4 Å². The summed E-state index contributed by atoms with van der Waals surface area (Å²) in [5.74, 6) is 0.414. The highest BCUT2D eigenvalue weighted by Crippen LogP contribution is 2.22. The zero-order chi connectivity index (χ0) is 12.5. The second kappa shape index (κ2) is 4.10. The Morgan fingerprint density at radius 2 is 2.22 bits per heavy atom. The molecule has 1 unspecified atom stereocenters. The lowest BCUT2D eigenvalue weighted by molar-refractivity contribution is 0.490. The van der Waals surface area contributed by atoms with Crippen LogP contribution in [0.25, 0.3) is 11.1 Å². The maximum atomic E-state index is 11.1. The van der Waals surface area contributed by atoms with E-state index in [0.29, 0.717) is 11.1 Å². The Kier molecular flexibility index (Phi) is 2.44. The number of oxazole rings is 1. The van der Waals surface area contributed by atoms with Gasteiger partial charge in [0.25, 0.3) is 0 Å². The van der Waals surface area contributed by atoms with E-state index >= 15 is 0 Å². The molecule has 0 aliphatic heterocycles. The minimum Gasteiger partial charge on any atom is -0.467 e. The van der Waals surface area contributed by atoms with Gasteiger partial charge in [0.1, 0.15) is 5.76 Å². The fourth-order valence-corrected chi connectivity index (χ4v) is 1.90. The zero-order valence-electron chi connectivity index (χ0n) is 9.77. The van der Waals surface area contributed by atoms with Crippen molar-refractivity contribution in [2.75, 3.05) is 5.32 Å². The molecule has 1 aromatic carbocycles. The molecule has 0 saturated carbocycles. The van der Waals surface area contributed by atoms with E-state index in [2.05, 4.69) is 10.3 Å². The van der Waals surface area contributed by atoms with E-state index in [-0.39, 0.29) is 6.04 Å². The van der Waals surface area contributed by atoms with Gasteiger partial charge in [-0.15, -0.1) is 0 Å². The predicted octanol–water partition coefficient (Wildman–Crippen LogP) is 2.89. The van der Waals surface area contributed by atoms with E-state index in [4.69, 9.17) is 8.83 Å². The van der Waals surface area contributed by atoms with Crippen LogP contribution in [0.1, 0.15) is 18.7 Å². The van der Waals surface area contributed by atoms with Gasteiger partial charge in [0, 0.05) is 5.69 Å². The van der Waals surface area contributed by atoms with Gasteiger partial charge in [-0.25, -0.2) is 4.79 Å². The number of benzene rings is 1. The molecule has 0 amide bonds. The normalized spacial score (nSPS) is 12.7. The highest BCUT2D eigenvalue weighted by atomic mass is 16.4. The number of hydrogen-bond acceptors (Lipinski definition) is 4. The van der Waals surface area contributed by atoms with Crippen molar-refractivity contribution in [3.63, 3.8) is 0 Å². The van der Waals surface area contributed by atoms with Gasteiger partial charge < -0.3 is 14.2 Å². The Labute approximate surface area is 102 Å². The topological polar surface area (TPSA) is 71.2 Å². The number of aromatic nitrogens is 1. The van der Waals surface area contributed by atoms with Crippen LogP contribution in [0.15, 0.2) is 50.2 Å². The lowest BCUT2D eigenvalue weighted by Crippen LogP contribution is -2.05. The molecule has 5 nitrogen and oxygen atoms in total. The second-order valence-electron chi connectivity index (χ2n) is 4.11. The Morgan fingerprint density at radius 3 is 3.00 bits per heavy atom. The third kappa shape index (κ3) is 1.90. The molecule has 0 aliphatic rings. The molecule has 3 aromatic rings. The summed E-state index contributed by atoms with van der Waals surface area (Å²) >= 11 is 0. The van der Waals surface area contributed by atoms with Gasteiger partial charge in [-0.1, -0.05) is 0 Å². The molecule has 0 spiro atoms. The average Bonchev–Trinajstić information content (AvgIpc) is 2.95. The summed E-state index contributed by atoms with van der Waals surface area (Å²) in [5.41, 5.74) is 2.12. The molecule has 0 saturated heterocycles. The average molecular weight is 244 g/mol. The number of furan rings is 1. The van der Waals surface area contributed by atoms with E-state index in [1.54, 1.807) is 12.3 Å². The van der Waals surface area contributed by atoms with Crippen molar-refractivity contribution in [2.45, 2.75) is 13.0 Å². The third-order valence-electron chi connectivity index (χ3n) is 2.77.